The van der Waals surface area contributed by atoms with Gasteiger partial charge in [0, 0.05) is 6.42 Å². The molecule has 0 saturated carbocycles. The van der Waals surface area contributed by atoms with Gasteiger partial charge in [-0.1, -0.05) is 31.0 Å². The number of benzene rings is 1. The minimum atomic E-state index is -3.82. The highest BCUT2D eigenvalue weighted by Crippen LogP contribution is 2.13. The van der Waals surface area contributed by atoms with Crippen molar-refractivity contribution in [1.29, 1.82) is 0 Å². The molecule has 0 aliphatic carbocycles. The van der Waals surface area contributed by atoms with Gasteiger partial charge in [0.25, 0.3) is 10.1 Å². The van der Waals surface area contributed by atoms with Gasteiger partial charge >= 0.3 is 0 Å². The predicted octanol–water partition coefficient (Wildman–Crippen LogP) is 2.46. The van der Waals surface area contributed by atoms with Crippen LogP contribution in [0.3, 0.4) is 0 Å². The van der Waals surface area contributed by atoms with Crippen LogP contribution in [0.15, 0.2) is 29.2 Å². The normalized spacial score (nSPS) is 11.4. The van der Waals surface area contributed by atoms with Gasteiger partial charge in [0.15, 0.2) is 5.78 Å². The molecule has 100 valence electrons. The zero-order chi connectivity index (χ0) is 13.6. The molecule has 5 heteroatoms. The van der Waals surface area contributed by atoms with Crippen LogP contribution in [0.2, 0.25) is 0 Å². The van der Waals surface area contributed by atoms with E-state index in [1.54, 1.807) is 12.1 Å². The molecule has 0 spiro atoms. The Morgan fingerprint density at radius 3 is 2.39 bits per heavy atom. The molecular formula is C13H18O4S. The fraction of sp³-hybridized carbons (Fsp3) is 0.462. The summed E-state index contributed by atoms with van der Waals surface area (Å²) < 4.78 is 28.2. The van der Waals surface area contributed by atoms with Crippen LogP contribution < -0.4 is 0 Å². The van der Waals surface area contributed by atoms with Crippen molar-refractivity contribution in [2.45, 2.75) is 38.0 Å². The van der Waals surface area contributed by atoms with Crippen LogP contribution in [0, 0.1) is 6.92 Å². The fourth-order valence-corrected chi connectivity index (χ4v) is 2.25. The van der Waals surface area contributed by atoms with Crippen LogP contribution in [0.1, 0.15) is 31.7 Å². The van der Waals surface area contributed by atoms with Crippen LogP contribution in [0.5, 0.6) is 0 Å². The fourth-order valence-electron chi connectivity index (χ4n) is 1.36. The lowest BCUT2D eigenvalue weighted by Crippen LogP contribution is -2.14. The Labute approximate surface area is 108 Å². The van der Waals surface area contributed by atoms with Gasteiger partial charge in [0.05, 0.1) is 4.90 Å². The first-order valence-electron chi connectivity index (χ1n) is 5.93. The zero-order valence-electron chi connectivity index (χ0n) is 10.7. The maximum Gasteiger partial charge on any atom is 0.297 e. The topological polar surface area (TPSA) is 60.4 Å². The summed E-state index contributed by atoms with van der Waals surface area (Å²) in [6.45, 7) is 3.46. The molecule has 0 aliphatic rings. The Kier molecular flexibility index (Phi) is 5.50. The van der Waals surface area contributed by atoms with E-state index in [-0.39, 0.29) is 17.3 Å². The lowest BCUT2D eigenvalue weighted by Gasteiger charge is -2.05. The van der Waals surface area contributed by atoms with Gasteiger partial charge < -0.3 is 0 Å². The summed E-state index contributed by atoms with van der Waals surface area (Å²) >= 11 is 0. The molecule has 0 unspecified atom stereocenters. The average molecular weight is 270 g/mol. The number of aryl methyl sites for hydroxylation is 1. The van der Waals surface area contributed by atoms with Crippen molar-refractivity contribution in [3.05, 3.63) is 29.8 Å². The maximum atomic E-state index is 11.7. The third-order valence-electron chi connectivity index (χ3n) is 2.49. The number of unbranched alkanes of at least 4 members (excludes halogenated alkanes) is 1. The largest absolute Gasteiger partial charge is 0.297 e. The highest BCUT2D eigenvalue weighted by Gasteiger charge is 2.16. The smallest absolute Gasteiger partial charge is 0.297 e. The van der Waals surface area contributed by atoms with E-state index < -0.39 is 10.1 Å². The van der Waals surface area contributed by atoms with E-state index in [2.05, 4.69) is 0 Å². The molecular weight excluding hydrogens is 252 g/mol. The second-order valence-corrected chi connectivity index (χ2v) is 5.79. The third kappa shape index (κ3) is 4.58. The number of ketones is 1. The molecule has 0 heterocycles. The van der Waals surface area contributed by atoms with Gasteiger partial charge in [-0.2, -0.15) is 8.42 Å². The van der Waals surface area contributed by atoms with Gasteiger partial charge in [0.1, 0.15) is 6.61 Å². The Morgan fingerprint density at radius 1 is 1.22 bits per heavy atom. The van der Waals surface area contributed by atoms with Crippen LogP contribution in [-0.4, -0.2) is 20.8 Å². The second kappa shape index (κ2) is 6.66. The van der Waals surface area contributed by atoms with E-state index in [1.807, 2.05) is 13.8 Å². The minimum Gasteiger partial charge on any atom is -0.297 e. The first kappa shape index (κ1) is 14.9. The number of carbonyl (C=O) groups is 1. The van der Waals surface area contributed by atoms with Crippen molar-refractivity contribution < 1.29 is 17.4 Å². The highest BCUT2D eigenvalue weighted by atomic mass is 32.2. The number of hydrogen-bond acceptors (Lipinski definition) is 4. The second-order valence-electron chi connectivity index (χ2n) is 4.17. The summed E-state index contributed by atoms with van der Waals surface area (Å²) in [6.07, 6.45) is 2.02. The van der Waals surface area contributed by atoms with Crippen molar-refractivity contribution in [2.75, 3.05) is 6.61 Å². The molecule has 0 radical (unpaired) electrons. The lowest BCUT2D eigenvalue weighted by atomic mass is 10.2. The molecule has 0 amide bonds. The molecule has 0 bridgehead atoms. The monoisotopic (exact) mass is 270 g/mol. The molecule has 4 nitrogen and oxygen atoms in total. The first-order valence-corrected chi connectivity index (χ1v) is 7.34. The van der Waals surface area contributed by atoms with Crippen LogP contribution in [0.25, 0.3) is 0 Å². The SMILES string of the molecule is CCCCC(=O)COS(=O)(=O)c1ccc(C)cc1. The standard InChI is InChI=1S/C13H18O4S/c1-3-4-5-12(14)10-17-18(15,16)13-8-6-11(2)7-9-13/h6-9H,3-5,10H2,1-2H3. The van der Waals surface area contributed by atoms with Crippen molar-refractivity contribution in [2.24, 2.45) is 0 Å². The van der Waals surface area contributed by atoms with E-state index in [9.17, 15) is 13.2 Å². The van der Waals surface area contributed by atoms with Crippen molar-refractivity contribution in [1.82, 2.24) is 0 Å². The number of Topliss-reactive ketones (excluding diaryl/α,β-unsaturated/α-hetero) is 1. The molecule has 1 aromatic rings. The van der Waals surface area contributed by atoms with Crippen LogP contribution in [0.4, 0.5) is 0 Å². The van der Waals surface area contributed by atoms with Gasteiger partial charge in [-0.15, -0.1) is 0 Å². The van der Waals surface area contributed by atoms with Crippen molar-refractivity contribution in [3.63, 3.8) is 0 Å². The zero-order valence-corrected chi connectivity index (χ0v) is 11.5. The Morgan fingerprint density at radius 2 is 1.83 bits per heavy atom. The molecule has 0 saturated heterocycles. The molecule has 0 atom stereocenters. The van der Waals surface area contributed by atoms with E-state index in [0.29, 0.717) is 6.42 Å². The van der Waals surface area contributed by atoms with Crippen LogP contribution in [-0.2, 0) is 19.1 Å². The van der Waals surface area contributed by atoms with Crippen molar-refractivity contribution >= 4 is 15.9 Å². The van der Waals surface area contributed by atoms with E-state index >= 15 is 0 Å². The summed E-state index contributed by atoms with van der Waals surface area (Å²) in [5, 5.41) is 0. The summed E-state index contributed by atoms with van der Waals surface area (Å²) in [6, 6.07) is 6.33. The summed E-state index contributed by atoms with van der Waals surface area (Å²) in [4.78, 5) is 11.4. The summed E-state index contributed by atoms with van der Waals surface area (Å²) in [5.74, 6) is -0.187. The number of carbonyl (C=O) groups excluding carboxylic acids is 1. The summed E-state index contributed by atoms with van der Waals surface area (Å²) in [7, 11) is -3.82. The molecule has 0 aliphatic heterocycles. The van der Waals surface area contributed by atoms with Gasteiger partial charge in [-0.25, -0.2) is 0 Å². The molecule has 0 N–H and O–H groups in total. The average Bonchev–Trinajstić information content (AvgIpc) is 2.34. The maximum absolute atomic E-state index is 11.7. The van der Waals surface area contributed by atoms with Crippen LogP contribution >= 0.6 is 0 Å². The van der Waals surface area contributed by atoms with Gasteiger partial charge in [-0.05, 0) is 25.5 Å². The van der Waals surface area contributed by atoms with Crippen molar-refractivity contribution in [3.8, 4) is 0 Å². The molecule has 18 heavy (non-hydrogen) atoms. The Balaban J connectivity index is 2.60. The van der Waals surface area contributed by atoms with Gasteiger partial charge in [0.2, 0.25) is 0 Å². The Bertz CT molecular complexity index is 488. The third-order valence-corrected chi connectivity index (χ3v) is 3.77. The Hall–Kier alpha value is -1.20. The van der Waals surface area contributed by atoms with E-state index in [0.717, 1.165) is 18.4 Å². The van der Waals surface area contributed by atoms with Gasteiger partial charge in [-0.3, -0.25) is 8.98 Å². The molecule has 1 aromatic carbocycles. The molecule has 0 fully saturated rings. The highest BCUT2D eigenvalue weighted by molar-refractivity contribution is 7.86. The predicted molar refractivity (Wildman–Crippen MR) is 68.8 cm³/mol. The lowest BCUT2D eigenvalue weighted by molar-refractivity contribution is -0.121. The molecule has 0 aromatic heterocycles. The quantitative estimate of drug-likeness (QED) is 0.714. The minimum absolute atomic E-state index is 0.0800. The molecule has 1 rings (SSSR count). The number of hydrogen-bond donors (Lipinski definition) is 0. The van der Waals surface area contributed by atoms with E-state index in [1.165, 1.54) is 12.1 Å². The number of rotatable bonds is 7. The summed E-state index contributed by atoms with van der Waals surface area (Å²) in [5.41, 5.74) is 0.966. The van der Waals surface area contributed by atoms with E-state index in [4.69, 9.17) is 4.18 Å². The first-order chi connectivity index (χ1) is 8.45.